The molecule has 1 aliphatic carbocycles. The Morgan fingerprint density at radius 1 is 0.862 bits per heavy atom. The summed E-state index contributed by atoms with van der Waals surface area (Å²) in [4.78, 5) is 13.0. The van der Waals surface area contributed by atoms with Crippen molar-refractivity contribution in [1.29, 1.82) is 0 Å². The van der Waals surface area contributed by atoms with Crippen LogP contribution in [0.25, 0.3) is 0 Å². The molecular weight excluding hydrogens is 360 g/mol. The molecular formula is C25H26N2O2. The van der Waals surface area contributed by atoms with Crippen molar-refractivity contribution >= 4 is 17.3 Å². The van der Waals surface area contributed by atoms with Crippen molar-refractivity contribution in [3.8, 4) is 0 Å². The summed E-state index contributed by atoms with van der Waals surface area (Å²) in [7, 11) is 0. The molecule has 0 aliphatic heterocycles. The highest BCUT2D eigenvalue weighted by atomic mass is 16.5. The lowest BCUT2D eigenvalue weighted by molar-refractivity contribution is 0.0272. The van der Waals surface area contributed by atoms with Crippen LogP contribution in [0.4, 0.5) is 11.4 Å². The van der Waals surface area contributed by atoms with E-state index in [1.165, 1.54) is 0 Å². The van der Waals surface area contributed by atoms with E-state index in [9.17, 15) is 4.79 Å². The van der Waals surface area contributed by atoms with E-state index in [1.807, 2.05) is 72.8 Å². The van der Waals surface area contributed by atoms with E-state index in [1.54, 1.807) is 0 Å². The first-order valence-corrected chi connectivity index (χ1v) is 10.2. The molecule has 1 saturated carbocycles. The Hall–Kier alpha value is -3.11. The monoisotopic (exact) mass is 386 g/mol. The summed E-state index contributed by atoms with van der Waals surface area (Å²) in [5.74, 6) is -0.0655. The lowest BCUT2D eigenvalue weighted by atomic mass is 10.1. The number of amides is 1. The number of rotatable bonds is 7. The first-order valence-electron chi connectivity index (χ1n) is 10.2. The van der Waals surface area contributed by atoms with Gasteiger partial charge in [-0.1, -0.05) is 60.7 Å². The predicted octanol–water partition coefficient (Wildman–Crippen LogP) is 5.30. The third-order valence-corrected chi connectivity index (χ3v) is 5.30. The Morgan fingerprint density at radius 2 is 1.55 bits per heavy atom. The second-order valence-electron chi connectivity index (χ2n) is 7.38. The van der Waals surface area contributed by atoms with Gasteiger partial charge in [0, 0.05) is 5.69 Å². The molecule has 0 unspecified atom stereocenters. The van der Waals surface area contributed by atoms with Crippen LogP contribution in [0.5, 0.6) is 0 Å². The SMILES string of the molecule is O=C(N[C@H]1CCC[C@@H]1OCc1ccccc1)c1ccccc1Nc1ccccc1. The molecule has 4 heteroatoms. The maximum atomic E-state index is 13.0. The first kappa shape index (κ1) is 19.2. The van der Waals surface area contributed by atoms with Gasteiger partial charge in [-0.15, -0.1) is 0 Å². The smallest absolute Gasteiger partial charge is 0.253 e. The van der Waals surface area contributed by atoms with Crippen molar-refractivity contribution in [2.75, 3.05) is 5.32 Å². The van der Waals surface area contributed by atoms with Gasteiger partial charge in [-0.05, 0) is 49.1 Å². The lowest BCUT2D eigenvalue weighted by Gasteiger charge is -2.22. The summed E-state index contributed by atoms with van der Waals surface area (Å²) >= 11 is 0. The van der Waals surface area contributed by atoms with Crippen molar-refractivity contribution in [2.24, 2.45) is 0 Å². The molecule has 2 atom stereocenters. The molecule has 3 aromatic rings. The average molecular weight is 386 g/mol. The molecule has 1 fully saturated rings. The third kappa shape index (κ3) is 5.04. The molecule has 4 nitrogen and oxygen atoms in total. The van der Waals surface area contributed by atoms with Crippen LogP contribution in [0.2, 0.25) is 0 Å². The topological polar surface area (TPSA) is 50.4 Å². The van der Waals surface area contributed by atoms with Gasteiger partial charge in [-0.2, -0.15) is 0 Å². The lowest BCUT2D eigenvalue weighted by Crippen LogP contribution is -2.41. The van der Waals surface area contributed by atoms with Gasteiger partial charge in [0.05, 0.1) is 30.0 Å². The molecule has 148 valence electrons. The van der Waals surface area contributed by atoms with E-state index in [0.717, 1.165) is 36.2 Å². The maximum Gasteiger partial charge on any atom is 0.253 e. The van der Waals surface area contributed by atoms with E-state index in [2.05, 4.69) is 22.8 Å². The van der Waals surface area contributed by atoms with E-state index in [0.29, 0.717) is 12.2 Å². The Balaban J connectivity index is 1.41. The van der Waals surface area contributed by atoms with Crippen molar-refractivity contribution in [1.82, 2.24) is 5.32 Å². The van der Waals surface area contributed by atoms with Gasteiger partial charge in [0.25, 0.3) is 5.91 Å². The van der Waals surface area contributed by atoms with Crippen molar-refractivity contribution in [3.63, 3.8) is 0 Å². The Kier molecular flexibility index (Phi) is 6.22. The van der Waals surface area contributed by atoms with E-state index in [-0.39, 0.29) is 18.1 Å². The summed E-state index contributed by atoms with van der Waals surface area (Å²) in [6.45, 7) is 0.573. The number of nitrogens with one attached hydrogen (secondary N) is 2. The highest BCUT2D eigenvalue weighted by molar-refractivity contribution is 6.00. The van der Waals surface area contributed by atoms with Crippen LogP contribution >= 0.6 is 0 Å². The first-order chi connectivity index (χ1) is 14.3. The van der Waals surface area contributed by atoms with Gasteiger partial charge >= 0.3 is 0 Å². The molecule has 0 radical (unpaired) electrons. The minimum absolute atomic E-state index is 0.0380. The van der Waals surface area contributed by atoms with Gasteiger partial charge in [-0.25, -0.2) is 0 Å². The highest BCUT2D eigenvalue weighted by Crippen LogP contribution is 2.25. The van der Waals surface area contributed by atoms with Crippen molar-refractivity contribution in [3.05, 3.63) is 96.1 Å². The van der Waals surface area contributed by atoms with Crippen LogP contribution in [0, 0.1) is 0 Å². The van der Waals surface area contributed by atoms with Crippen LogP contribution in [0.3, 0.4) is 0 Å². The number of para-hydroxylation sites is 2. The molecule has 4 rings (SSSR count). The number of hydrogen-bond acceptors (Lipinski definition) is 3. The zero-order valence-electron chi connectivity index (χ0n) is 16.4. The van der Waals surface area contributed by atoms with Crippen LogP contribution < -0.4 is 10.6 Å². The van der Waals surface area contributed by atoms with Crippen molar-refractivity contribution < 1.29 is 9.53 Å². The molecule has 1 aliphatic rings. The number of ether oxygens (including phenoxy) is 1. The molecule has 0 bridgehead atoms. The Bertz CT molecular complexity index is 928. The number of carbonyl (C=O) groups excluding carboxylic acids is 1. The van der Waals surface area contributed by atoms with Gasteiger partial charge in [0.2, 0.25) is 0 Å². The largest absolute Gasteiger partial charge is 0.371 e. The number of hydrogen-bond donors (Lipinski definition) is 2. The normalized spacial score (nSPS) is 18.3. The van der Waals surface area contributed by atoms with E-state index in [4.69, 9.17) is 4.74 Å². The highest BCUT2D eigenvalue weighted by Gasteiger charge is 2.30. The zero-order chi connectivity index (χ0) is 19.9. The average Bonchev–Trinajstić information content (AvgIpc) is 3.21. The summed E-state index contributed by atoms with van der Waals surface area (Å²) in [5.41, 5.74) is 3.56. The third-order valence-electron chi connectivity index (χ3n) is 5.30. The molecule has 29 heavy (non-hydrogen) atoms. The molecule has 0 spiro atoms. The zero-order valence-corrected chi connectivity index (χ0v) is 16.4. The summed E-state index contributed by atoms with van der Waals surface area (Å²) in [6.07, 6.45) is 3.03. The number of benzene rings is 3. The molecule has 0 heterocycles. The number of anilines is 2. The van der Waals surface area contributed by atoms with Gasteiger partial charge < -0.3 is 15.4 Å². The van der Waals surface area contributed by atoms with Crippen LogP contribution in [0.15, 0.2) is 84.9 Å². The molecule has 2 N–H and O–H groups in total. The molecule has 0 saturated heterocycles. The predicted molar refractivity (Wildman–Crippen MR) is 116 cm³/mol. The fraction of sp³-hybridized carbons (Fsp3) is 0.240. The molecule has 1 amide bonds. The maximum absolute atomic E-state index is 13.0. The second-order valence-corrected chi connectivity index (χ2v) is 7.38. The quantitative estimate of drug-likeness (QED) is 0.579. The summed E-state index contributed by atoms with van der Waals surface area (Å²) in [6, 6.07) is 27.7. The van der Waals surface area contributed by atoms with Gasteiger partial charge in [-0.3, -0.25) is 4.79 Å². The van der Waals surface area contributed by atoms with Crippen LogP contribution in [-0.4, -0.2) is 18.1 Å². The van der Waals surface area contributed by atoms with Crippen molar-refractivity contribution in [2.45, 2.75) is 38.0 Å². The fourth-order valence-corrected chi connectivity index (χ4v) is 3.78. The Labute approximate surface area is 171 Å². The Morgan fingerprint density at radius 3 is 2.34 bits per heavy atom. The minimum atomic E-state index is -0.0655. The molecule has 0 aromatic heterocycles. The number of carbonyl (C=O) groups is 1. The standard InChI is InChI=1S/C25H26N2O2/c28-25(21-14-7-8-15-22(21)26-20-12-5-2-6-13-20)27-23-16-9-17-24(23)29-18-19-10-3-1-4-11-19/h1-8,10-15,23-24,26H,9,16-18H2,(H,27,28)/t23-,24-/m0/s1. The summed E-state index contributed by atoms with van der Waals surface area (Å²) < 4.78 is 6.13. The van der Waals surface area contributed by atoms with Crippen LogP contribution in [0.1, 0.15) is 35.2 Å². The van der Waals surface area contributed by atoms with E-state index >= 15 is 0 Å². The van der Waals surface area contributed by atoms with Gasteiger partial charge in [0.15, 0.2) is 0 Å². The van der Waals surface area contributed by atoms with Gasteiger partial charge in [0.1, 0.15) is 0 Å². The second kappa shape index (κ2) is 9.39. The summed E-state index contributed by atoms with van der Waals surface area (Å²) in [5, 5.41) is 6.55. The molecule has 3 aromatic carbocycles. The van der Waals surface area contributed by atoms with E-state index < -0.39 is 0 Å². The fourth-order valence-electron chi connectivity index (χ4n) is 3.78. The minimum Gasteiger partial charge on any atom is -0.371 e. The van der Waals surface area contributed by atoms with Crippen LogP contribution in [-0.2, 0) is 11.3 Å².